The average Bonchev–Trinajstić information content (AvgIpc) is 2.94. The van der Waals surface area contributed by atoms with E-state index in [2.05, 4.69) is 20.2 Å². The molecule has 1 saturated heterocycles. The largest absolute Gasteiger partial charge is 0.457 e. The minimum absolute atomic E-state index is 0.104. The number of aryl methyl sites for hydroxylation is 2. The van der Waals surface area contributed by atoms with Gasteiger partial charge in [0.1, 0.15) is 23.0 Å². The molecule has 4 rings (SSSR count). The lowest BCUT2D eigenvalue weighted by Gasteiger charge is -2.25. The number of nitrogens with one attached hydrogen (secondary N) is 1. The van der Waals surface area contributed by atoms with Crippen LogP contribution in [-0.2, 0) is 22.1 Å². The van der Waals surface area contributed by atoms with Gasteiger partial charge in [0.15, 0.2) is 0 Å². The third kappa shape index (κ3) is 8.52. The Hall–Kier alpha value is -3.96. The quantitative estimate of drug-likeness (QED) is 0.275. The number of hydrogen-bond acceptors (Lipinski definition) is 6. The van der Waals surface area contributed by atoms with Crippen LogP contribution in [0.15, 0.2) is 65.8 Å². The van der Waals surface area contributed by atoms with Crippen LogP contribution < -0.4 is 15.8 Å². The van der Waals surface area contributed by atoms with Crippen molar-refractivity contribution >= 4 is 17.4 Å². The Balaban J connectivity index is 1.27. The Morgan fingerprint density at radius 2 is 1.85 bits per heavy atom. The molecule has 0 saturated carbocycles. The number of aromatic nitrogens is 1. The van der Waals surface area contributed by atoms with E-state index in [0.29, 0.717) is 36.0 Å². The number of morpholine rings is 1. The first-order valence-corrected chi connectivity index (χ1v) is 13.0. The monoisotopic (exact) mass is 555 g/mol. The van der Waals surface area contributed by atoms with Crippen LogP contribution in [0.2, 0.25) is 0 Å². The van der Waals surface area contributed by atoms with E-state index in [-0.39, 0.29) is 23.6 Å². The Morgan fingerprint density at radius 3 is 2.58 bits per heavy atom. The number of carbonyl (C=O) groups is 1. The van der Waals surface area contributed by atoms with E-state index in [4.69, 9.17) is 15.2 Å². The number of halogens is 3. The number of pyridine rings is 1. The fourth-order valence-corrected chi connectivity index (χ4v) is 4.18. The summed E-state index contributed by atoms with van der Waals surface area (Å²) in [5.74, 6) is 1.12. The molecule has 0 radical (unpaired) electrons. The number of aliphatic imine (C=N–C) groups is 1. The van der Waals surface area contributed by atoms with E-state index in [1.807, 2.05) is 12.1 Å². The molecule has 1 amide bonds. The zero-order valence-electron chi connectivity index (χ0n) is 22.2. The van der Waals surface area contributed by atoms with Crippen LogP contribution in [0.1, 0.15) is 28.8 Å². The molecule has 212 valence electrons. The molecule has 40 heavy (non-hydrogen) atoms. The molecular formula is C29H32F3N5O3. The minimum Gasteiger partial charge on any atom is -0.457 e. The minimum atomic E-state index is -4.48. The van der Waals surface area contributed by atoms with Gasteiger partial charge in [-0.1, -0.05) is 18.2 Å². The number of rotatable bonds is 10. The summed E-state index contributed by atoms with van der Waals surface area (Å²) in [6.07, 6.45) is -2.34. The van der Waals surface area contributed by atoms with Crippen molar-refractivity contribution in [2.45, 2.75) is 25.9 Å². The highest BCUT2D eigenvalue weighted by molar-refractivity contribution is 5.96. The van der Waals surface area contributed by atoms with Gasteiger partial charge >= 0.3 is 6.18 Å². The van der Waals surface area contributed by atoms with Crippen LogP contribution in [0.4, 0.5) is 18.9 Å². The summed E-state index contributed by atoms with van der Waals surface area (Å²) in [6, 6.07) is 14.4. The summed E-state index contributed by atoms with van der Waals surface area (Å²) < 4.78 is 50.7. The van der Waals surface area contributed by atoms with Crippen molar-refractivity contribution < 1.29 is 27.4 Å². The molecule has 3 aromatic rings. The Morgan fingerprint density at radius 1 is 1.10 bits per heavy atom. The van der Waals surface area contributed by atoms with E-state index < -0.39 is 11.7 Å². The average molecular weight is 556 g/mol. The van der Waals surface area contributed by atoms with Crippen molar-refractivity contribution in [1.82, 2.24) is 9.88 Å². The lowest BCUT2D eigenvalue weighted by Crippen LogP contribution is -2.38. The number of hydrogen-bond donors (Lipinski definition) is 2. The molecule has 1 aromatic heterocycles. The zero-order valence-corrected chi connectivity index (χ0v) is 22.2. The van der Waals surface area contributed by atoms with Crippen molar-refractivity contribution in [3.63, 3.8) is 0 Å². The van der Waals surface area contributed by atoms with Crippen molar-refractivity contribution in [3.8, 4) is 11.5 Å². The fourth-order valence-electron chi connectivity index (χ4n) is 4.18. The van der Waals surface area contributed by atoms with Gasteiger partial charge in [-0.3, -0.25) is 19.7 Å². The fraction of sp³-hybridized carbons (Fsp3) is 0.345. The first kappa shape index (κ1) is 29.0. The van der Waals surface area contributed by atoms with Crippen molar-refractivity contribution in [2.24, 2.45) is 10.7 Å². The summed E-state index contributed by atoms with van der Waals surface area (Å²) in [6.45, 7) is 6.01. The third-order valence-electron chi connectivity index (χ3n) is 6.42. The van der Waals surface area contributed by atoms with Crippen LogP contribution in [0.3, 0.4) is 0 Å². The molecule has 2 heterocycles. The van der Waals surface area contributed by atoms with E-state index >= 15 is 0 Å². The Kier molecular flexibility index (Phi) is 9.73. The predicted molar refractivity (Wildman–Crippen MR) is 147 cm³/mol. The molecule has 1 fully saturated rings. The lowest BCUT2D eigenvalue weighted by atomic mass is 10.1. The van der Waals surface area contributed by atoms with Crippen LogP contribution in [0.25, 0.3) is 0 Å². The highest BCUT2D eigenvalue weighted by Gasteiger charge is 2.32. The van der Waals surface area contributed by atoms with Crippen LogP contribution in [-0.4, -0.2) is 61.0 Å². The van der Waals surface area contributed by atoms with E-state index in [0.717, 1.165) is 44.5 Å². The molecule has 1 aliphatic rings. The van der Waals surface area contributed by atoms with Gasteiger partial charge in [0.25, 0.3) is 0 Å². The van der Waals surface area contributed by atoms with Gasteiger partial charge in [-0.05, 0) is 54.8 Å². The maximum absolute atomic E-state index is 13.1. The maximum Gasteiger partial charge on any atom is 0.416 e. The molecular weight excluding hydrogens is 523 g/mol. The summed E-state index contributed by atoms with van der Waals surface area (Å²) >= 11 is 0. The Labute approximate surface area is 231 Å². The van der Waals surface area contributed by atoms with Crippen LogP contribution >= 0.6 is 0 Å². The second-order valence-corrected chi connectivity index (χ2v) is 9.42. The summed E-state index contributed by atoms with van der Waals surface area (Å²) in [5.41, 5.74) is 7.01. The second-order valence-electron chi connectivity index (χ2n) is 9.42. The Bertz CT molecular complexity index is 1320. The van der Waals surface area contributed by atoms with Gasteiger partial charge in [0.2, 0.25) is 5.91 Å². The summed E-state index contributed by atoms with van der Waals surface area (Å²) in [7, 11) is 0. The lowest BCUT2D eigenvalue weighted by molar-refractivity contribution is -0.138. The second kappa shape index (κ2) is 13.4. The van der Waals surface area contributed by atoms with Crippen molar-refractivity contribution in [2.75, 3.05) is 44.7 Å². The van der Waals surface area contributed by atoms with Gasteiger partial charge in [-0.15, -0.1) is 0 Å². The number of anilines is 1. The number of ether oxygens (including phenoxy) is 2. The highest BCUT2D eigenvalue weighted by Crippen LogP contribution is 2.33. The van der Waals surface area contributed by atoms with Gasteiger partial charge < -0.3 is 20.5 Å². The zero-order chi connectivity index (χ0) is 28.5. The topological polar surface area (TPSA) is 102 Å². The first-order valence-electron chi connectivity index (χ1n) is 13.0. The van der Waals surface area contributed by atoms with Crippen LogP contribution in [0.5, 0.6) is 11.5 Å². The van der Waals surface area contributed by atoms with E-state index in [1.165, 1.54) is 19.1 Å². The van der Waals surface area contributed by atoms with Crippen LogP contribution in [0, 0.1) is 6.92 Å². The molecule has 1 aliphatic heterocycles. The molecule has 0 atom stereocenters. The molecule has 3 N–H and O–H groups in total. The standard InChI is InChI=1S/C29H32F3N5O3/c1-20-2-6-22(18-25(20)29(30,31)32)36-27(38)9-5-21-3-7-23(8-4-21)40-24-10-11-34-26(19-24)28(33)35-12-13-37-14-16-39-17-15-37/h2-4,6-8,10-11,18-19H,5,9,12-17H2,1H3,(H2,33,35)(H,36,38). The number of benzene rings is 2. The molecule has 0 unspecified atom stereocenters. The third-order valence-corrected chi connectivity index (χ3v) is 6.42. The summed E-state index contributed by atoms with van der Waals surface area (Å²) in [4.78, 5) is 23.3. The summed E-state index contributed by atoms with van der Waals surface area (Å²) in [5, 5.41) is 2.54. The van der Waals surface area contributed by atoms with E-state index in [1.54, 1.807) is 30.5 Å². The number of nitrogens with zero attached hydrogens (tertiary/aromatic N) is 3. The number of alkyl halides is 3. The van der Waals surface area contributed by atoms with Gasteiger partial charge in [0, 0.05) is 44.0 Å². The van der Waals surface area contributed by atoms with Gasteiger partial charge in [-0.25, -0.2) is 0 Å². The van der Waals surface area contributed by atoms with Gasteiger partial charge in [0.05, 0.1) is 25.3 Å². The van der Waals surface area contributed by atoms with E-state index in [9.17, 15) is 18.0 Å². The normalized spacial score (nSPS) is 14.7. The number of carbonyl (C=O) groups excluding carboxylic acids is 1. The molecule has 0 spiro atoms. The molecule has 8 nitrogen and oxygen atoms in total. The smallest absolute Gasteiger partial charge is 0.416 e. The highest BCUT2D eigenvalue weighted by atomic mass is 19.4. The predicted octanol–water partition coefficient (Wildman–Crippen LogP) is 4.81. The number of amides is 1. The first-order chi connectivity index (χ1) is 19.2. The van der Waals surface area contributed by atoms with Crippen molar-refractivity contribution in [1.29, 1.82) is 0 Å². The molecule has 0 bridgehead atoms. The molecule has 0 aliphatic carbocycles. The molecule has 2 aromatic carbocycles. The number of amidine groups is 1. The van der Waals surface area contributed by atoms with Crippen molar-refractivity contribution in [3.05, 3.63) is 83.2 Å². The maximum atomic E-state index is 13.1. The number of nitrogens with two attached hydrogens (primary N) is 1. The van der Waals surface area contributed by atoms with Gasteiger partial charge in [-0.2, -0.15) is 13.2 Å². The molecule has 11 heteroatoms. The SMILES string of the molecule is Cc1ccc(NC(=O)CCc2ccc(Oc3ccnc(C(N)=NCCN4CCOCC4)c3)cc2)cc1C(F)(F)F.